The summed E-state index contributed by atoms with van der Waals surface area (Å²) in [6, 6.07) is 46.4. The molecule has 1 radical (unpaired) electrons. The number of rotatable bonds is 4. The fourth-order valence-corrected chi connectivity index (χ4v) is 7.26. The van der Waals surface area contributed by atoms with Gasteiger partial charge in [-0.1, -0.05) is 125 Å². The second kappa shape index (κ2) is 15.1. The Morgan fingerprint density at radius 3 is 2.07 bits per heavy atom. The van der Waals surface area contributed by atoms with Gasteiger partial charge in [0, 0.05) is 48.7 Å². The van der Waals surface area contributed by atoms with Crippen molar-refractivity contribution in [1.82, 2.24) is 14.5 Å². The Morgan fingerprint density at radius 1 is 0.691 bits per heavy atom. The van der Waals surface area contributed by atoms with E-state index >= 15 is 0 Å². The molecule has 0 spiro atoms. The molecule has 4 nitrogen and oxygen atoms in total. The molecule has 4 heterocycles. The van der Waals surface area contributed by atoms with Gasteiger partial charge >= 0.3 is 0 Å². The second-order valence-corrected chi connectivity index (χ2v) is 16.4. The molecule has 5 heteroatoms. The van der Waals surface area contributed by atoms with E-state index in [1.165, 1.54) is 27.5 Å². The van der Waals surface area contributed by atoms with E-state index in [-0.39, 0.29) is 30.9 Å². The molecule has 0 bridgehead atoms. The minimum absolute atomic E-state index is 0. The van der Waals surface area contributed by atoms with E-state index in [1.807, 2.05) is 43.6 Å². The molecule has 4 aromatic heterocycles. The van der Waals surface area contributed by atoms with Crippen molar-refractivity contribution in [3.63, 3.8) is 0 Å². The average molecular weight is 897 g/mol. The first-order chi connectivity index (χ1) is 26.4. The van der Waals surface area contributed by atoms with E-state index in [0.29, 0.717) is 11.6 Å². The summed E-state index contributed by atoms with van der Waals surface area (Å²) < 4.78 is 17.7. The van der Waals surface area contributed by atoms with Crippen LogP contribution in [0.25, 0.3) is 71.9 Å². The van der Waals surface area contributed by atoms with Crippen LogP contribution in [0.15, 0.2) is 138 Å². The number of fused-ring (bicyclic) bond motifs is 6. The maximum atomic E-state index is 8.77. The minimum Gasteiger partial charge on any atom is -0.498 e. The van der Waals surface area contributed by atoms with Crippen LogP contribution in [0.5, 0.6) is 0 Å². The maximum Gasteiger partial charge on any atom is 0.144 e. The molecule has 277 valence electrons. The maximum absolute atomic E-state index is 8.77. The van der Waals surface area contributed by atoms with E-state index in [9.17, 15) is 0 Å². The van der Waals surface area contributed by atoms with E-state index in [1.54, 1.807) is 6.07 Å². The van der Waals surface area contributed by atoms with Crippen molar-refractivity contribution in [1.29, 1.82) is 0 Å². The number of nitrogens with zero attached hydrogens (tertiary/aromatic N) is 3. The number of benzene rings is 5. The molecule has 0 aliphatic heterocycles. The normalized spacial score (nSPS) is 12.1. The molecule has 0 saturated heterocycles. The summed E-state index contributed by atoms with van der Waals surface area (Å²) in [5, 5.41) is 4.11. The van der Waals surface area contributed by atoms with Crippen LogP contribution in [0.4, 0.5) is 0 Å². The predicted molar refractivity (Wildman–Crippen MR) is 225 cm³/mol. The number of furan rings is 1. The third-order valence-corrected chi connectivity index (χ3v) is 9.85. The van der Waals surface area contributed by atoms with Crippen molar-refractivity contribution in [2.75, 3.05) is 0 Å². The van der Waals surface area contributed by atoms with Crippen LogP contribution < -0.4 is 0 Å². The molecule has 0 N–H and O–H groups in total. The molecule has 0 aliphatic rings. The number of para-hydroxylation sites is 3. The van der Waals surface area contributed by atoms with Crippen LogP contribution in [0, 0.1) is 24.5 Å². The Morgan fingerprint density at radius 2 is 1.40 bits per heavy atom. The molecular formula is C50H45IrN3O-2. The third kappa shape index (κ3) is 7.65. The number of hydrogen-bond acceptors (Lipinski definition) is 3. The Hall–Kier alpha value is -5.35. The van der Waals surface area contributed by atoms with E-state index in [4.69, 9.17) is 5.79 Å². The SMILES string of the molecule is Cc1ccc(-c2[c-]ccc(C(C)(C)C)c2)nc1.[2H]c1c[c-]c(-c2cc(CC(C)(C)C)ccn2)c2oc3c(-n4c5ccccc5c5ccccc54)cccc3c12.[Ir]. The Bertz CT molecular complexity index is 2780. The number of hydrogen-bond donors (Lipinski definition) is 0. The quantitative estimate of drug-likeness (QED) is 0.165. The summed E-state index contributed by atoms with van der Waals surface area (Å²) in [5.74, 6) is 0. The first-order valence-corrected chi connectivity index (χ1v) is 18.6. The second-order valence-electron chi connectivity index (χ2n) is 16.4. The zero-order valence-electron chi connectivity index (χ0n) is 33.4. The van der Waals surface area contributed by atoms with Gasteiger partial charge in [-0.3, -0.25) is 0 Å². The zero-order chi connectivity index (χ0) is 38.5. The summed E-state index contributed by atoms with van der Waals surface area (Å²) in [6.45, 7) is 15.4. The summed E-state index contributed by atoms with van der Waals surface area (Å²) in [5.41, 5.74) is 12.3. The van der Waals surface area contributed by atoms with Crippen molar-refractivity contribution in [2.24, 2.45) is 5.41 Å². The van der Waals surface area contributed by atoms with Crippen LogP contribution in [-0.2, 0) is 31.9 Å². The molecule has 0 saturated carbocycles. The van der Waals surface area contributed by atoms with Gasteiger partial charge in [-0.05, 0) is 66.8 Å². The molecule has 0 aliphatic carbocycles. The molecule has 9 rings (SSSR count). The van der Waals surface area contributed by atoms with E-state index in [0.717, 1.165) is 62.0 Å². The summed E-state index contributed by atoms with van der Waals surface area (Å²) >= 11 is 0. The van der Waals surface area contributed by atoms with Gasteiger partial charge in [0.05, 0.1) is 22.3 Å². The first kappa shape index (κ1) is 36.6. The third-order valence-electron chi connectivity index (χ3n) is 9.85. The fourth-order valence-electron chi connectivity index (χ4n) is 7.26. The molecule has 0 amide bonds. The Labute approximate surface area is 339 Å². The van der Waals surface area contributed by atoms with Gasteiger partial charge in [-0.15, -0.1) is 53.6 Å². The topological polar surface area (TPSA) is 43.9 Å². The molecule has 0 unspecified atom stereocenters. The number of aromatic nitrogens is 3. The van der Waals surface area contributed by atoms with Crippen LogP contribution >= 0.6 is 0 Å². The van der Waals surface area contributed by atoms with Gasteiger partial charge in [0.2, 0.25) is 0 Å². The van der Waals surface area contributed by atoms with E-state index < -0.39 is 0 Å². The van der Waals surface area contributed by atoms with Crippen LogP contribution in [0.2, 0.25) is 0 Å². The summed E-state index contributed by atoms with van der Waals surface area (Å²) in [6.07, 6.45) is 4.70. The summed E-state index contributed by atoms with van der Waals surface area (Å²) in [7, 11) is 0. The van der Waals surface area contributed by atoms with Gasteiger partial charge in [-0.2, -0.15) is 0 Å². The average Bonchev–Trinajstić information content (AvgIpc) is 3.72. The molecule has 0 fully saturated rings. The number of pyridine rings is 2. The molecular weight excluding hydrogens is 851 g/mol. The standard InChI is InChI=1S/C34H27N2O.C16H18N.Ir/c1-34(2,3)21-22-18-19-35-28(20-22)27-14-8-12-25-26-13-9-17-31(33(26)37-32(25)27)36-29-15-6-4-10-23(29)24-11-5-7-16-30(24)36;1-12-8-9-15(17-11-12)13-6-5-7-14(10-13)16(2,3)4;/h4-13,15-20H,21H2,1-3H3;5,7-11H,1-4H3;/q2*-1;/i12D;;. The molecule has 0 atom stereocenters. The van der Waals surface area contributed by atoms with Gasteiger partial charge in [0.15, 0.2) is 0 Å². The fraction of sp³-hybridized carbons (Fsp3) is 0.200. The molecule has 5 aromatic carbocycles. The monoisotopic (exact) mass is 897 g/mol. The Balaban J connectivity index is 0.000000225. The van der Waals surface area contributed by atoms with Crippen LogP contribution in [-0.4, -0.2) is 14.5 Å². The Kier molecular flexibility index (Phi) is 10.0. The summed E-state index contributed by atoms with van der Waals surface area (Å²) in [4.78, 5) is 9.13. The first-order valence-electron chi connectivity index (χ1n) is 19.1. The van der Waals surface area contributed by atoms with Crippen LogP contribution in [0.3, 0.4) is 0 Å². The van der Waals surface area contributed by atoms with Crippen molar-refractivity contribution in [3.8, 4) is 28.2 Å². The molecule has 55 heavy (non-hydrogen) atoms. The van der Waals surface area contributed by atoms with Crippen molar-refractivity contribution in [2.45, 2.75) is 60.3 Å². The van der Waals surface area contributed by atoms with Gasteiger partial charge in [0.1, 0.15) is 5.58 Å². The zero-order valence-corrected chi connectivity index (χ0v) is 34.8. The predicted octanol–water partition coefficient (Wildman–Crippen LogP) is 13.3. The van der Waals surface area contributed by atoms with Gasteiger partial charge < -0.3 is 19.0 Å². The van der Waals surface area contributed by atoms with E-state index in [2.05, 4.69) is 153 Å². The smallest absolute Gasteiger partial charge is 0.144 e. The van der Waals surface area contributed by atoms with Crippen molar-refractivity contribution < 1.29 is 25.9 Å². The molecule has 9 aromatic rings. The number of aryl methyl sites for hydroxylation is 1. The van der Waals surface area contributed by atoms with Crippen molar-refractivity contribution in [3.05, 3.63) is 163 Å². The van der Waals surface area contributed by atoms with Crippen molar-refractivity contribution >= 4 is 43.7 Å². The van der Waals surface area contributed by atoms with Gasteiger partial charge in [-0.25, -0.2) is 0 Å². The minimum atomic E-state index is 0. The van der Waals surface area contributed by atoms with Crippen LogP contribution in [0.1, 0.15) is 59.6 Å². The largest absolute Gasteiger partial charge is 0.498 e. The van der Waals surface area contributed by atoms with Gasteiger partial charge in [0.25, 0.3) is 0 Å².